The molecule has 0 aliphatic heterocycles. The van der Waals surface area contributed by atoms with E-state index >= 15 is 0 Å². The van der Waals surface area contributed by atoms with Gasteiger partial charge >= 0.3 is 0 Å². The maximum Gasteiger partial charge on any atom is 0.124 e. The van der Waals surface area contributed by atoms with Gasteiger partial charge in [0.25, 0.3) is 0 Å². The number of benzene rings is 3. The highest BCUT2D eigenvalue weighted by atomic mass is 19.1. The summed E-state index contributed by atoms with van der Waals surface area (Å²) in [6, 6.07) is 23.5. The van der Waals surface area contributed by atoms with E-state index in [9.17, 15) is 4.39 Å². The van der Waals surface area contributed by atoms with Crippen molar-refractivity contribution in [1.82, 2.24) is 0 Å². The van der Waals surface area contributed by atoms with Crippen LogP contribution in [-0.2, 0) is 12.8 Å². The van der Waals surface area contributed by atoms with Gasteiger partial charge in [-0.2, -0.15) is 0 Å². The van der Waals surface area contributed by atoms with Gasteiger partial charge in [0, 0.05) is 0 Å². The molecular formula is C50H73F. The molecule has 0 amide bonds. The van der Waals surface area contributed by atoms with Crippen LogP contribution in [0, 0.1) is 29.5 Å². The summed E-state index contributed by atoms with van der Waals surface area (Å²) >= 11 is 0. The highest BCUT2D eigenvalue weighted by Crippen LogP contribution is 2.36. The first-order chi connectivity index (χ1) is 25.1. The summed E-state index contributed by atoms with van der Waals surface area (Å²) in [5.41, 5.74) is 6.98. The molecule has 0 spiro atoms. The van der Waals surface area contributed by atoms with E-state index in [4.69, 9.17) is 0 Å². The van der Waals surface area contributed by atoms with Crippen molar-refractivity contribution in [1.29, 1.82) is 0 Å². The van der Waals surface area contributed by atoms with Crippen molar-refractivity contribution in [3.63, 3.8) is 0 Å². The highest BCUT2D eigenvalue weighted by Gasteiger charge is 2.22. The molecule has 51 heavy (non-hydrogen) atoms. The SMILES string of the molecule is CCCCCCCCC1CCC(CCc2ccc(-c3cc(F)cc(-c4ccc(CCC5CCC(CCCCCCCC)CC5)cc4)c3)cc2)CC1. The Bertz CT molecular complexity index is 1240. The van der Waals surface area contributed by atoms with Crippen LogP contribution in [0.3, 0.4) is 0 Å². The van der Waals surface area contributed by atoms with Crippen molar-refractivity contribution < 1.29 is 4.39 Å². The van der Waals surface area contributed by atoms with Gasteiger partial charge in [0.15, 0.2) is 0 Å². The van der Waals surface area contributed by atoms with E-state index in [1.807, 2.05) is 0 Å². The number of aryl methyl sites for hydroxylation is 2. The molecule has 2 aliphatic carbocycles. The average Bonchev–Trinajstić information content (AvgIpc) is 3.17. The number of hydrogen-bond donors (Lipinski definition) is 0. The summed E-state index contributed by atoms with van der Waals surface area (Å²) in [5.74, 6) is 3.60. The average molecular weight is 693 g/mol. The third-order valence-corrected chi connectivity index (χ3v) is 13.0. The molecule has 2 saturated carbocycles. The summed E-state index contributed by atoms with van der Waals surface area (Å²) in [6.07, 6.45) is 36.4. The van der Waals surface area contributed by atoms with E-state index in [0.717, 1.165) is 58.8 Å². The van der Waals surface area contributed by atoms with E-state index in [1.165, 1.54) is 165 Å². The first-order valence-corrected chi connectivity index (χ1v) is 22.1. The fraction of sp³-hybridized carbons (Fsp3) is 0.640. The molecule has 0 bridgehead atoms. The molecule has 280 valence electrons. The van der Waals surface area contributed by atoms with Crippen LogP contribution in [0.25, 0.3) is 22.3 Å². The second kappa shape index (κ2) is 22.6. The van der Waals surface area contributed by atoms with Gasteiger partial charge < -0.3 is 0 Å². The van der Waals surface area contributed by atoms with Gasteiger partial charge in [-0.1, -0.05) is 204 Å². The smallest absolute Gasteiger partial charge is 0.124 e. The second-order valence-corrected chi connectivity index (χ2v) is 17.1. The van der Waals surface area contributed by atoms with Gasteiger partial charge in [-0.3, -0.25) is 0 Å². The Morgan fingerprint density at radius 2 is 0.725 bits per heavy atom. The Kier molecular flexibility index (Phi) is 17.6. The molecule has 0 N–H and O–H groups in total. The molecule has 0 heterocycles. The van der Waals surface area contributed by atoms with Crippen LogP contribution in [0.5, 0.6) is 0 Å². The van der Waals surface area contributed by atoms with Gasteiger partial charge in [0.1, 0.15) is 5.82 Å². The van der Waals surface area contributed by atoms with E-state index in [2.05, 4.69) is 68.4 Å². The molecule has 0 unspecified atom stereocenters. The van der Waals surface area contributed by atoms with Gasteiger partial charge in [-0.25, -0.2) is 4.39 Å². The molecule has 3 aromatic rings. The largest absolute Gasteiger partial charge is 0.207 e. The van der Waals surface area contributed by atoms with Gasteiger partial charge in [0.2, 0.25) is 0 Å². The van der Waals surface area contributed by atoms with Crippen LogP contribution in [0.4, 0.5) is 4.39 Å². The summed E-state index contributed by atoms with van der Waals surface area (Å²) < 4.78 is 14.9. The molecule has 3 aromatic carbocycles. The number of rotatable bonds is 22. The molecule has 0 saturated heterocycles. The van der Waals surface area contributed by atoms with Crippen molar-refractivity contribution in [2.45, 2.75) is 181 Å². The van der Waals surface area contributed by atoms with Crippen LogP contribution in [0.2, 0.25) is 0 Å². The predicted molar refractivity (Wildman–Crippen MR) is 221 cm³/mol. The Morgan fingerprint density at radius 1 is 0.392 bits per heavy atom. The topological polar surface area (TPSA) is 0 Å². The Hall–Kier alpha value is -2.41. The zero-order chi connectivity index (χ0) is 35.5. The monoisotopic (exact) mass is 693 g/mol. The molecule has 2 fully saturated rings. The fourth-order valence-electron chi connectivity index (χ4n) is 9.44. The molecule has 0 radical (unpaired) electrons. The zero-order valence-corrected chi connectivity index (χ0v) is 32.9. The summed E-state index contributed by atoms with van der Waals surface area (Å²) in [7, 11) is 0. The predicted octanol–water partition coefficient (Wildman–Crippen LogP) is 16.1. The Labute approximate surface area is 313 Å². The van der Waals surface area contributed by atoms with Crippen LogP contribution in [0.1, 0.15) is 179 Å². The minimum absolute atomic E-state index is 0.158. The standard InChI is InChI=1S/C50H73F/c1-3-5-7-9-11-13-15-40-17-21-42(22-18-40)25-27-44-29-33-46(34-30-44)48-37-49(39-50(51)38-48)47-35-31-45(32-36-47)28-26-43-23-19-41(20-24-43)16-14-12-10-8-6-4-2/h29-43H,3-28H2,1-2H3. The van der Waals surface area contributed by atoms with Crippen molar-refractivity contribution in [2.75, 3.05) is 0 Å². The van der Waals surface area contributed by atoms with Gasteiger partial charge in [-0.05, 0) is 101 Å². The quantitative estimate of drug-likeness (QED) is 0.0920. The Morgan fingerprint density at radius 3 is 1.10 bits per heavy atom. The third-order valence-electron chi connectivity index (χ3n) is 13.0. The molecule has 0 nitrogen and oxygen atoms in total. The lowest BCUT2D eigenvalue weighted by Crippen LogP contribution is -2.15. The molecule has 0 atom stereocenters. The van der Waals surface area contributed by atoms with Crippen LogP contribution in [-0.4, -0.2) is 0 Å². The van der Waals surface area contributed by atoms with Crippen molar-refractivity contribution in [2.24, 2.45) is 23.7 Å². The number of hydrogen-bond acceptors (Lipinski definition) is 0. The normalized spacial score (nSPS) is 20.8. The maximum absolute atomic E-state index is 14.9. The van der Waals surface area contributed by atoms with Crippen molar-refractivity contribution in [3.8, 4) is 22.3 Å². The summed E-state index contributed by atoms with van der Waals surface area (Å²) in [6.45, 7) is 4.60. The highest BCUT2D eigenvalue weighted by molar-refractivity contribution is 5.73. The minimum Gasteiger partial charge on any atom is -0.207 e. The van der Waals surface area contributed by atoms with Crippen LogP contribution in [0.15, 0.2) is 66.7 Å². The molecule has 2 aliphatic rings. The zero-order valence-electron chi connectivity index (χ0n) is 32.9. The van der Waals surface area contributed by atoms with Crippen LogP contribution >= 0.6 is 0 Å². The van der Waals surface area contributed by atoms with E-state index in [0.29, 0.717) is 0 Å². The second-order valence-electron chi connectivity index (χ2n) is 17.1. The molecule has 1 heteroatoms. The Balaban J connectivity index is 1.02. The van der Waals surface area contributed by atoms with Gasteiger partial charge in [0.05, 0.1) is 0 Å². The maximum atomic E-state index is 14.9. The van der Waals surface area contributed by atoms with Crippen LogP contribution < -0.4 is 0 Å². The summed E-state index contributed by atoms with van der Waals surface area (Å²) in [4.78, 5) is 0. The lowest BCUT2D eigenvalue weighted by atomic mass is 9.77. The molecule has 5 rings (SSSR count). The minimum atomic E-state index is -0.158. The summed E-state index contributed by atoms with van der Waals surface area (Å²) in [5, 5.41) is 0. The van der Waals surface area contributed by atoms with Gasteiger partial charge in [-0.15, -0.1) is 0 Å². The number of unbranched alkanes of at least 4 members (excludes halogenated alkanes) is 10. The lowest BCUT2D eigenvalue weighted by molar-refractivity contribution is 0.248. The first-order valence-electron chi connectivity index (χ1n) is 22.1. The first kappa shape index (κ1) is 39.8. The molecular weight excluding hydrogens is 620 g/mol. The fourth-order valence-corrected chi connectivity index (χ4v) is 9.44. The van der Waals surface area contributed by atoms with Crippen molar-refractivity contribution in [3.05, 3.63) is 83.7 Å². The molecule has 0 aromatic heterocycles. The van der Waals surface area contributed by atoms with E-state index in [1.54, 1.807) is 12.1 Å². The number of halogens is 1. The van der Waals surface area contributed by atoms with E-state index in [-0.39, 0.29) is 5.82 Å². The van der Waals surface area contributed by atoms with E-state index < -0.39 is 0 Å². The lowest BCUT2D eigenvalue weighted by Gasteiger charge is -2.28. The third kappa shape index (κ3) is 14.2. The van der Waals surface area contributed by atoms with Crippen molar-refractivity contribution >= 4 is 0 Å².